The van der Waals surface area contributed by atoms with Crippen molar-refractivity contribution < 1.29 is 4.79 Å². The molecule has 0 saturated carbocycles. The van der Waals surface area contributed by atoms with E-state index < -0.39 is 0 Å². The van der Waals surface area contributed by atoms with Gasteiger partial charge < -0.3 is 0 Å². The second-order valence-corrected chi connectivity index (χ2v) is 7.11. The average molecular weight is 390 g/mol. The fraction of sp³-hybridized carbons (Fsp3) is 0.174. The molecule has 0 aliphatic carbocycles. The van der Waals surface area contributed by atoms with Crippen LogP contribution in [0.5, 0.6) is 0 Å². The first-order chi connectivity index (χ1) is 13.4. The number of Topliss-reactive ketones (excluding diaryl/α,β-unsaturated/α-hetero) is 1. The lowest BCUT2D eigenvalue weighted by Crippen LogP contribution is -2.05. The Bertz CT molecular complexity index is 1120. The van der Waals surface area contributed by atoms with Crippen LogP contribution in [-0.4, -0.2) is 15.6 Å². The maximum Gasteiger partial charge on any atom is 0.203 e. The quantitative estimate of drug-likeness (QED) is 0.338. The lowest BCUT2D eigenvalue weighted by molar-refractivity contribution is 0.104. The first kappa shape index (κ1) is 19.6. The minimum absolute atomic E-state index is 0.0918. The zero-order valence-corrected chi connectivity index (χ0v) is 16.8. The van der Waals surface area contributed by atoms with E-state index in [-0.39, 0.29) is 11.4 Å². The van der Waals surface area contributed by atoms with Crippen LogP contribution in [0.4, 0.5) is 0 Å². The Morgan fingerprint density at radius 2 is 1.93 bits per heavy atom. The van der Waals surface area contributed by atoms with Crippen LogP contribution in [0.1, 0.15) is 38.4 Å². The molecule has 0 radical (unpaired) electrons. The number of carbonyl (C=O) groups excluding carboxylic acids is 1. The standard InChI is InChI=1S/C23H20ClN3O/c1-15-7-6-9-18(11-15)23(28)20(13-25)12-21-16(2)26-27(17(21)3)14-19-8-4-5-10-22(19)24/h4-12H,14H2,1-3H3/b20-12+. The van der Waals surface area contributed by atoms with Crippen molar-refractivity contribution in [3.8, 4) is 6.07 Å². The van der Waals surface area contributed by atoms with E-state index in [1.807, 2.05) is 67.9 Å². The number of nitrogens with zero attached hydrogens (tertiary/aromatic N) is 3. The summed E-state index contributed by atoms with van der Waals surface area (Å²) in [5.74, 6) is -0.288. The summed E-state index contributed by atoms with van der Waals surface area (Å²) in [6.45, 7) is 6.23. The van der Waals surface area contributed by atoms with E-state index in [1.165, 1.54) is 0 Å². The summed E-state index contributed by atoms with van der Waals surface area (Å²) >= 11 is 6.26. The van der Waals surface area contributed by atoms with Crippen LogP contribution in [-0.2, 0) is 6.54 Å². The van der Waals surface area contributed by atoms with Crippen LogP contribution in [0.15, 0.2) is 54.1 Å². The maximum atomic E-state index is 12.8. The molecule has 28 heavy (non-hydrogen) atoms. The minimum Gasteiger partial charge on any atom is -0.288 e. The van der Waals surface area contributed by atoms with Crippen LogP contribution in [0.25, 0.3) is 6.08 Å². The zero-order chi connectivity index (χ0) is 20.3. The number of aromatic nitrogens is 2. The summed E-state index contributed by atoms with van der Waals surface area (Å²) in [4.78, 5) is 12.8. The summed E-state index contributed by atoms with van der Waals surface area (Å²) in [6, 6.07) is 16.9. The molecule has 0 aliphatic rings. The molecule has 0 bridgehead atoms. The molecule has 0 N–H and O–H groups in total. The number of aryl methyl sites for hydroxylation is 2. The molecule has 0 spiro atoms. The predicted molar refractivity (Wildman–Crippen MR) is 111 cm³/mol. The highest BCUT2D eigenvalue weighted by Crippen LogP contribution is 2.22. The highest BCUT2D eigenvalue weighted by atomic mass is 35.5. The number of hydrogen-bond donors (Lipinski definition) is 0. The van der Waals surface area contributed by atoms with E-state index >= 15 is 0 Å². The molecular weight excluding hydrogens is 370 g/mol. The summed E-state index contributed by atoms with van der Waals surface area (Å²) in [5.41, 5.74) is 4.95. The Labute approximate surface area is 169 Å². The van der Waals surface area contributed by atoms with Crippen molar-refractivity contribution >= 4 is 23.5 Å². The minimum atomic E-state index is -0.288. The Hall–Kier alpha value is -3.16. The van der Waals surface area contributed by atoms with Gasteiger partial charge in [0.25, 0.3) is 0 Å². The SMILES string of the molecule is Cc1cccc(C(=O)/C(C#N)=C/c2c(C)nn(Cc3ccccc3Cl)c2C)c1. The van der Waals surface area contributed by atoms with Crippen LogP contribution in [0.3, 0.4) is 0 Å². The molecule has 140 valence electrons. The average Bonchev–Trinajstić information content (AvgIpc) is 2.94. The van der Waals surface area contributed by atoms with Gasteiger partial charge in [0.05, 0.1) is 12.2 Å². The van der Waals surface area contributed by atoms with Gasteiger partial charge in [0, 0.05) is 21.8 Å². The number of halogens is 1. The van der Waals surface area contributed by atoms with E-state index in [1.54, 1.807) is 18.2 Å². The van der Waals surface area contributed by atoms with Crippen molar-refractivity contribution in [2.45, 2.75) is 27.3 Å². The van der Waals surface area contributed by atoms with Crippen molar-refractivity contribution in [2.24, 2.45) is 0 Å². The number of hydrogen-bond acceptors (Lipinski definition) is 3. The first-order valence-corrected chi connectivity index (χ1v) is 9.29. The number of nitriles is 1. The molecule has 0 saturated heterocycles. The first-order valence-electron chi connectivity index (χ1n) is 8.91. The molecule has 5 heteroatoms. The van der Waals surface area contributed by atoms with E-state index in [9.17, 15) is 10.1 Å². The molecule has 3 aromatic rings. The predicted octanol–water partition coefficient (Wildman–Crippen LogP) is 5.30. The Morgan fingerprint density at radius 3 is 2.61 bits per heavy atom. The molecule has 0 aliphatic heterocycles. The van der Waals surface area contributed by atoms with Crippen molar-refractivity contribution in [1.82, 2.24) is 9.78 Å². The monoisotopic (exact) mass is 389 g/mol. The highest BCUT2D eigenvalue weighted by molar-refractivity contribution is 6.31. The molecule has 1 aromatic heterocycles. The molecule has 0 unspecified atom stereocenters. The summed E-state index contributed by atoms with van der Waals surface area (Å²) < 4.78 is 1.84. The molecule has 4 nitrogen and oxygen atoms in total. The lowest BCUT2D eigenvalue weighted by Gasteiger charge is -2.07. The van der Waals surface area contributed by atoms with Crippen LogP contribution < -0.4 is 0 Å². The third-order valence-electron chi connectivity index (χ3n) is 4.65. The van der Waals surface area contributed by atoms with Crippen LogP contribution in [0, 0.1) is 32.1 Å². The topological polar surface area (TPSA) is 58.7 Å². The van der Waals surface area contributed by atoms with Gasteiger partial charge in [-0.25, -0.2) is 0 Å². The van der Waals surface area contributed by atoms with E-state index in [4.69, 9.17) is 11.6 Å². The molecule has 0 amide bonds. The van der Waals surface area contributed by atoms with Gasteiger partial charge in [-0.3, -0.25) is 9.48 Å². The second kappa shape index (κ2) is 8.24. The van der Waals surface area contributed by atoms with Crippen LogP contribution >= 0.6 is 11.6 Å². The summed E-state index contributed by atoms with van der Waals surface area (Å²) in [6.07, 6.45) is 1.63. The van der Waals surface area contributed by atoms with Crippen LogP contribution in [0.2, 0.25) is 5.02 Å². The van der Waals surface area contributed by atoms with Gasteiger partial charge in [0.15, 0.2) is 0 Å². The van der Waals surface area contributed by atoms with E-state index in [2.05, 4.69) is 5.10 Å². The molecule has 1 heterocycles. The number of rotatable bonds is 5. The van der Waals surface area contributed by atoms with Crippen molar-refractivity contribution in [2.75, 3.05) is 0 Å². The lowest BCUT2D eigenvalue weighted by atomic mass is 10.00. The van der Waals surface area contributed by atoms with Gasteiger partial charge in [-0.1, -0.05) is 53.6 Å². The van der Waals surface area contributed by atoms with Gasteiger partial charge in [-0.05, 0) is 44.5 Å². The molecule has 0 atom stereocenters. The molecule has 0 fully saturated rings. The largest absolute Gasteiger partial charge is 0.288 e. The van der Waals surface area contributed by atoms with Crippen molar-refractivity contribution in [3.05, 3.63) is 92.8 Å². The number of ketones is 1. The number of benzene rings is 2. The van der Waals surface area contributed by atoms with Gasteiger partial charge in [-0.15, -0.1) is 0 Å². The molecular formula is C23H20ClN3O. The molecule has 2 aromatic carbocycles. The zero-order valence-electron chi connectivity index (χ0n) is 16.0. The Balaban J connectivity index is 1.97. The second-order valence-electron chi connectivity index (χ2n) is 6.70. The normalized spacial score (nSPS) is 11.3. The fourth-order valence-electron chi connectivity index (χ4n) is 3.10. The number of carbonyl (C=O) groups is 1. The van der Waals surface area contributed by atoms with Gasteiger partial charge >= 0.3 is 0 Å². The molecule has 3 rings (SSSR count). The van der Waals surface area contributed by atoms with E-state index in [0.29, 0.717) is 17.1 Å². The maximum absolute atomic E-state index is 12.8. The van der Waals surface area contributed by atoms with Gasteiger partial charge in [0.1, 0.15) is 11.6 Å². The summed E-state index contributed by atoms with van der Waals surface area (Å²) in [7, 11) is 0. The number of allylic oxidation sites excluding steroid dienone is 1. The van der Waals surface area contributed by atoms with Gasteiger partial charge in [-0.2, -0.15) is 10.4 Å². The van der Waals surface area contributed by atoms with E-state index in [0.717, 1.165) is 28.1 Å². The third kappa shape index (κ3) is 4.05. The fourth-order valence-corrected chi connectivity index (χ4v) is 3.29. The van der Waals surface area contributed by atoms with Crippen molar-refractivity contribution in [1.29, 1.82) is 5.26 Å². The smallest absolute Gasteiger partial charge is 0.203 e. The highest BCUT2D eigenvalue weighted by Gasteiger charge is 2.16. The van der Waals surface area contributed by atoms with Crippen molar-refractivity contribution in [3.63, 3.8) is 0 Å². The van der Waals surface area contributed by atoms with Gasteiger partial charge in [0.2, 0.25) is 5.78 Å². The Kier molecular flexibility index (Phi) is 5.77. The Morgan fingerprint density at radius 1 is 1.18 bits per heavy atom. The summed E-state index contributed by atoms with van der Waals surface area (Å²) in [5, 5.41) is 14.8. The third-order valence-corrected chi connectivity index (χ3v) is 5.02.